The Morgan fingerprint density at radius 2 is 1.78 bits per heavy atom. The van der Waals surface area contributed by atoms with Crippen molar-refractivity contribution in [2.75, 3.05) is 50.1 Å². The van der Waals surface area contributed by atoms with Crippen LogP contribution >= 0.6 is 24.8 Å². The Morgan fingerprint density at radius 1 is 1.07 bits per heavy atom. The van der Waals surface area contributed by atoms with Crippen molar-refractivity contribution >= 4 is 47.8 Å². The van der Waals surface area contributed by atoms with Gasteiger partial charge in [-0.3, -0.25) is 4.79 Å². The van der Waals surface area contributed by atoms with E-state index in [1.807, 2.05) is 19.2 Å². The van der Waals surface area contributed by atoms with Gasteiger partial charge < -0.3 is 19.4 Å². The van der Waals surface area contributed by atoms with Crippen LogP contribution in [0.2, 0.25) is 0 Å². The van der Waals surface area contributed by atoms with Crippen molar-refractivity contribution < 1.29 is 9.53 Å². The lowest BCUT2D eigenvalue weighted by molar-refractivity contribution is 0.101. The monoisotopic (exact) mass is 411 g/mol. The fourth-order valence-electron chi connectivity index (χ4n) is 3.31. The van der Waals surface area contributed by atoms with Crippen molar-refractivity contribution in [1.82, 2.24) is 15.1 Å². The molecule has 0 radical (unpaired) electrons. The largest absolute Gasteiger partial charge is 0.451 e. The maximum Gasteiger partial charge on any atom is 0.179 e. The summed E-state index contributed by atoms with van der Waals surface area (Å²) in [4.78, 5) is 18.3. The zero-order valence-corrected chi connectivity index (χ0v) is 17.1. The zero-order valence-electron chi connectivity index (χ0n) is 15.5. The number of halogens is 2. The molecule has 146 valence electrons. The third kappa shape index (κ3) is 3.81. The summed E-state index contributed by atoms with van der Waals surface area (Å²) in [6.07, 6.45) is 1.63. The smallest absolute Gasteiger partial charge is 0.179 e. The van der Waals surface area contributed by atoms with Crippen LogP contribution in [0.4, 0.5) is 17.2 Å². The SMILES string of the molecule is CC(=O)c1ccc2c(c1)Oc1cnnc(N3CCN(C)CC3)c1N2C.Cl.Cl. The lowest BCUT2D eigenvalue weighted by atomic mass is 10.1. The van der Waals surface area contributed by atoms with Gasteiger partial charge in [-0.15, -0.1) is 29.9 Å². The Labute approximate surface area is 171 Å². The molecule has 1 aromatic carbocycles. The molecule has 2 aliphatic rings. The second-order valence-corrected chi connectivity index (χ2v) is 6.57. The second-order valence-electron chi connectivity index (χ2n) is 6.57. The lowest BCUT2D eigenvalue weighted by Gasteiger charge is -2.37. The van der Waals surface area contributed by atoms with Gasteiger partial charge in [-0.05, 0) is 32.2 Å². The van der Waals surface area contributed by atoms with Crippen LogP contribution in [-0.2, 0) is 0 Å². The highest BCUT2D eigenvalue weighted by Gasteiger charge is 2.29. The minimum Gasteiger partial charge on any atom is -0.451 e. The summed E-state index contributed by atoms with van der Waals surface area (Å²) in [5, 5.41) is 8.52. The fraction of sp³-hybridized carbons (Fsp3) is 0.389. The summed E-state index contributed by atoms with van der Waals surface area (Å²) in [6.45, 7) is 5.36. The van der Waals surface area contributed by atoms with Gasteiger partial charge in [0.25, 0.3) is 0 Å². The van der Waals surface area contributed by atoms with E-state index in [-0.39, 0.29) is 30.6 Å². The van der Waals surface area contributed by atoms with E-state index in [9.17, 15) is 4.79 Å². The van der Waals surface area contributed by atoms with E-state index in [2.05, 4.69) is 31.9 Å². The number of ketones is 1. The van der Waals surface area contributed by atoms with Crippen LogP contribution < -0.4 is 14.5 Å². The van der Waals surface area contributed by atoms with E-state index in [1.54, 1.807) is 19.2 Å². The van der Waals surface area contributed by atoms with Crippen LogP contribution in [0, 0.1) is 0 Å². The molecule has 1 saturated heterocycles. The first-order valence-electron chi connectivity index (χ1n) is 8.40. The molecule has 0 aliphatic carbocycles. The molecule has 2 aliphatic heterocycles. The summed E-state index contributed by atoms with van der Waals surface area (Å²) < 4.78 is 6.06. The predicted octanol–water partition coefficient (Wildman–Crippen LogP) is 3.15. The molecule has 0 amide bonds. The van der Waals surface area contributed by atoms with E-state index >= 15 is 0 Å². The number of hydrogen-bond donors (Lipinski definition) is 0. The van der Waals surface area contributed by atoms with E-state index in [0.29, 0.717) is 17.1 Å². The van der Waals surface area contributed by atoms with Gasteiger partial charge in [0.15, 0.2) is 23.1 Å². The van der Waals surface area contributed by atoms with Crippen molar-refractivity contribution in [2.45, 2.75) is 6.92 Å². The van der Waals surface area contributed by atoms with Gasteiger partial charge in [0, 0.05) is 38.8 Å². The number of anilines is 3. The van der Waals surface area contributed by atoms with Gasteiger partial charge in [0.05, 0.1) is 11.9 Å². The summed E-state index contributed by atoms with van der Waals surface area (Å²) >= 11 is 0. The molecule has 1 aromatic heterocycles. The zero-order chi connectivity index (χ0) is 17.6. The maximum absolute atomic E-state index is 11.6. The molecule has 4 rings (SSSR count). The molecule has 0 N–H and O–H groups in total. The number of Topliss-reactive ketones (excluding diaryl/α,β-unsaturated/α-hetero) is 1. The number of benzene rings is 1. The number of carbonyl (C=O) groups excluding carboxylic acids is 1. The Hall–Kier alpha value is -2.09. The summed E-state index contributed by atoms with van der Waals surface area (Å²) in [6, 6.07) is 5.53. The number of ether oxygens (including phenoxy) is 1. The van der Waals surface area contributed by atoms with Crippen LogP contribution in [0.15, 0.2) is 24.4 Å². The van der Waals surface area contributed by atoms with Crippen LogP contribution in [0.1, 0.15) is 17.3 Å². The van der Waals surface area contributed by atoms with Crippen LogP contribution in [0.25, 0.3) is 0 Å². The molecule has 0 spiro atoms. The highest BCUT2D eigenvalue weighted by atomic mass is 35.5. The topological polar surface area (TPSA) is 61.8 Å². The standard InChI is InChI=1S/C18H21N5O2.2ClH/c1-12(24)13-4-5-14-15(10-13)25-16-11-19-20-18(17(16)22(14)3)23-8-6-21(2)7-9-23;;/h4-5,10-11H,6-9H2,1-3H3;2*1H. The molecular weight excluding hydrogens is 389 g/mol. The number of aromatic nitrogens is 2. The molecule has 0 saturated carbocycles. The Kier molecular flexibility index (Phi) is 6.51. The second kappa shape index (κ2) is 8.29. The molecular formula is C18H23Cl2N5O2. The first-order valence-corrected chi connectivity index (χ1v) is 8.40. The number of nitrogens with zero attached hydrogens (tertiary/aromatic N) is 5. The van der Waals surface area contributed by atoms with Crippen molar-refractivity contribution in [3.8, 4) is 11.5 Å². The van der Waals surface area contributed by atoms with Crippen LogP contribution in [-0.4, -0.2) is 61.2 Å². The minimum atomic E-state index is 0. The number of hydrogen-bond acceptors (Lipinski definition) is 7. The first-order chi connectivity index (χ1) is 12.0. The predicted molar refractivity (Wildman–Crippen MR) is 111 cm³/mol. The quantitative estimate of drug-likeness (QED) is 0.703. The molecule has 0 atom stereocenters. The van der Waals surface area contributed by atoms with E-state index in [0.717, 1.165) is 43.4 Å². The van der Waals surface area contributed by atoms with E-state index in [1.165, 1.54) is 0 Å². The maximum atomic E-state index is 11.6. The van der Waals surface area contributed by atoms with Crippen molar-refractivity contribution in [3.63, 3.8) is 0 Å². The highest BCUT2D eigenvalue weighted by Crippen LogP contribution is 2.49. The highest BCUT2D eigenvalue weighted by molar-refractivity contribution is 5.96. The van der Waals surface area contributed by atoms with Gasteiger partial charge in [-0.1, -0.05) is 0 Å². The van der Waals surface area contributed by atoms with Crippen LogP contribution in [0.5, 0.6) is 11.5 Å². The lowest BCUT2D eigenvalue weighted by Crippen LogP contribution is -2.45. The van der Waals surface area contributed by atoms with Gasteiger partial charge in [-0.2, -0.15) is 5.10 Å². The molecule has 9 heteroatoms. The van der Waals surface area contributed by atoms with Gasteiger partial charge in [-0.25, -0.2) is 0 Å². The molecule has 7 nitrogen and oxygen atoms in total. The summed E-state index contributed by atoms with van der Waals surface area (Å²) in [5.41, 5.74) is 2.47. The summed E-state index contributed by atoms with van der Waals surface area (Å²) in [7, 11) is 4.12. The average Bonchev–Trinajstić information content (AvgIpc) is 2.61. The number of likely N-dealkylation sites (N-methyl/N-ethyl adjacent to an activating group) is 1. The number of rotatable bonds is 2. The molecule has 27 heavy (non-hydrogen) atoms. The molecule has 2 aromatic rings. The molecule has 0 unspecified atom stereocenters. The molecule has 1 fully saturated rings. The molecule has 0 bridgehead atoms. The van der Waals surface area contributed by atoms with Gasteiger partial charge in [0.1, 0.15) is 5.69 Å². The Balaban J connectivity index is 0.00000131. The first kappa shape index (κ1) is 21.2. The van der Waals surface area contributed by atoms with Crippen molar-refractivity contribution in [2.24, 2.45) is 0 Å². The van der Waals surface area contributed by atoms with Gasteiger partial charge >= 0.3 is 0 Å². The number of carbonyl (C=O) groups is 1. The third-order valence-electron chi connectivity index (χ3n) is 4.86. The fourth-order valence-corrected chi connectivity index (χ4v) is 3.31. The molecule has 3 heterocycles. The average molecular weight is 412 g/mol. The Bertz CT molecular complexity index is 840. The van der Waals surface area contributed by atoms with Crippen LogP contribution in [0.3, 0.4) is 0 Å². The number of piperazine rings is 1. The summed E-state index contributed by atoms with van der Waals surface area (Å²) in [5.74, 6) is 2.19. The third-order valence-corrected chi connectivity index (χ3v) is 4.86. The van der Waals surface area contributed by atoms with Gasteiger partial charge in [0.2, 0.25) is 0 Å². The normalized spacial score (nSPS) is 15.7. The Morgan fingerprint density at radius 3 is 2.44 bits per heavy atom. The van der Waals surface area contributed by atoms with Crippen molar-refractivity contribution in [3.05, 3.63) is 30.0 Å². The van der Waals surface area contributed by atoms with Crippen molar-refractivity contribution in [1.29, 1.82) is 0 Å². The number of fused-ring (bicyclic) bond motifs is 2. The van der Waals surface area contributed by atoms with E-state index < -0.39 is 0 Å². The van der Waals surface area contributed by atoms with E-state index in [4.69, 9.17) is 4.74 Å². The minimum absolute atomic E-state index is 0.